The summed E-state index contributed by atoms with van der Waals surface area (Å²) < 4.78 is 0. The van der Waals surface area contributed by atoms with E-state index < -0.39 is 0 Å². The molecule has 2 rings (SSSR count). The zero-order valence-corrected chi connectivity index (χ0v) is 8.42. The molecule has 0 unspecified atom stereocenters. The summed E-state index contributed by atoms with van der Waals surface area (Å²) in [6.07, 6.45) is 1.93. The summed E-state index contributed by atoms with van der Waals surface area (Å²) in [6.45, 7) is 2.21. The molecule has 0 radical (unpaired) electrons. The molecule has 1 fully saturated rings. The van der Waals surface area contributed by atoms with Crippen molar-refractivity contribution in [1.29, 1.82) is 0 Å². The van der Waals surface area contributed by atoms with Crippen LogP contribution in [0.25, 0.3) is 0 Å². The zero-order valence-electron chi connectivity index (χ0n) is 8.42. The fraction of sp³-hybridized carbons (Fsp3) is 0.417. The molecule has 0 spiro atoms. The Morgan fingerprint density at radius 1 is 1.36 bits per heavy atom. The van der Waals surface area contributed by atoms with Gasteiger partial charge in [-0.15, -0.1) is 0 Å². The first-order valence-electron chi connectivity index (χ1n) is 4.99. The van der Waals surface area contributed by atoms with Crippen LogP contribution in [0.4, 0.5) is 0 Å². The molecule has 0 aliphatic heterocycles. The van der Waals surface area contributed by atoms with Crippen molar-refractivity contribution in [1.82, 2.24) is 0 Å². The van der Waals surface area contributed by atoms with Crippen molar-refractivity contribution in [2.75, 3.05) is 6.54 Å². The predicted octanol–water partition coefficient (Wildman–Crippen LogP) is 1.55. The first-order chi connectivity index (χ1) is 6.69. The average molecular weight is 189 g/mol. The third-order valence-corrected chi connectivity index (χ3v) is 3.07. The Morgan fingerprint density at radius 2 is 1.93 bits per heavy atom. The van der Waals surface area contributed by atoms with Crippen LogP contribution in [0.2, 0.25) is 0 Å². The lowest BCUT2D eigenvalue weighted by atomic mass is 9.91. The van der Waals surface area contributed by atoms with Crippen LogP contribution in [-0.4, -0.2) is 12.3 Å². The van der Waals surface area contributed by atoms with E-state index in [9.17, 15) is 4.79 Å². The minimum atomic E-state index is -0.220. The van der Waals surface area contributed by atoms with Crippen LogP contribution in [0.15, 0.2) is 24.3 Å². The number of benzene rings is 1. The van der Waals surface area contributed by atoms with Crippen LogP contribution < -0.4 is 5.73 Å². The molecular formula is C12H15NO. The molecule has 1 aliphatic rings. The second kappa shape index (κ2) is 3.21. The van der Waals surface area contributed by atoms with E-state index in [-0.39, 0.29) is 17.7 Å². The Bertz CT molecular complexity index is 349. The molecule has 0 bridgehead atoms. The monoisotopic (exact) mass is 189 g/mol. The molecule has 14 heavy (non-hydrogen) atoms. The van der Waals surface area contributed by atoms with Gasteiger partial charge in [0.2, 0.25) is 0 Å². The third kappa shape index (κ3) is 1.36. The first-order valence-corrected chi connectivity index (χ1v) is 4.99. The number of carbonyl (C=O) groups is 1. The van der Waals surface area contributed by atoms with Gasteiger partial charge in [-0.1, -0.05) is 29.8 Å². The van der Waals surface area contributed by atoms with Crippen LogP contribution >= 0.6 is 0 Å². The van der Waals surface area contributed by atoms with Gasteiger partial charge in [-0.2, -0.15) is 0 Å². The third-order valence-electron chi connectivity index (χ3n) is 3.07. The van der Waals surface area contributed by atoms with Crippen molar-refractivity contribution in [2.45, 2.75) is 25.2 Å². The van der Waals surface area contributed by atoms with E-state index in [0.29, 0.717) is 0 Å². The lowest BCUT2D eigenvalue weighted by Gasteiger charge is -2.13. The van der Waals surface area contributed by atoms with Gasteiger partial charge in [-0.25, -0.2) is 0 Å². The highest BCUT2D eigenvalue weighted by Crippen LogP contribution is 2.48. The Labute approximate surface area is 84.1 Å². The Hall–Kier alpha value is -1.15. The Morgan fingerprint density at radius 3 is 2.36 bits per heavy atom. The number of hydrogen-bond donors (Lipinski definition) is 1. The van der Waals surface area contributed by atoms with Gasteiger partial charge in [0.25, 0.3) is 0 Å². The molecule has 1 saturated carbocycles. The van der Waals surface area contributed by atoms with E-state index in [0.717, 1.165) is 18.4 Å². The molecular weight excluding hydrogens is 174 g/mol. The normalized spacial score (nSPS) is 17.9. The molecule has 0 amide bonds. The SMILES string of the molecule is Cc1ccc(C2(C(=O)CN)CC2)cc1. The van der Waals surface area contributed by atoms with Gasteiger partial charge in [-0.05, 0) is 25.3 Å². The number of rotatable bonds is 3. The van der Waals surface area contributed by atoms with Crippen LogP contribution in [-0.2, 0) is 10.2 Å². The molecule has 0 atom stereocenters. The largest absolute Gasteiger partial charge is 0.324 e. The summed E-state index contributed by atoms with van der Waals surface area (Å²) >= 11 is 0. The van der Waals surface area contributed by atoms with Crippen molar-refractivity contribution in [3.8, 4) is 0 Å². The molecule has 2 heteroatoms. The maximum absolute atomic E-state index is 11.7. The van der Waals surface area contributed by atoms with E-state index >= 15 is 0 Å². The van der Waals surface area contributed by atoms with Crippen molar-refractivity contribution in [3.63, 3.8) is 0 Å². The molecule has 0 aromatic heterocycles. The van der Waals surface area contributed by atoms with Gasteiger partial charge < -0.3 is 5.73 Å². The molecule has 2 N–H and O–H groups in total. The predicted molar refractivity (Wildman–Crippen MR) is 56.2 cm³/mol. The van der Waals surface area contributed by atoms with Gasteiger partial charge in [0.05, 0.1) is 12.0 Å². The number of nitrogens with two attached hydrogens (primary N) is 1. The van der Waals surface area contributed by atoms with Crippen molar-refractivity contribution in [3.05, 3.63) is 35.4 Å². The Balaban J connectivity index is 2.31. The van der Waals surface area contributed by atoms with Crippen molar-refractivity contribution >= 4 is 5.78 Å². The first kappa shape index (κ1) is 9.41. The quantitative estimate of drug-likeness (QED) is 0.784. The molecule has 74 valence electrons. The van der Waals surface area contributed by atoms with E-state index in [1.807, 2.05) is 6.92 Å². The summed E-state index contributed by atoms with van der Waals surface area (Å²) in [5.41, 5.74) is 7.56. The minimum absolute atomic E-state index is 0.161. The highest BCUT2D eigenvalue weighted by Gasteiger charge is 2.49. The maximum atomic E-state index is 11.7. The highest BCUT2D eigenvalue weighted by atomic mass is 16.1. The molecule has 1 aromatic rings. The molecule has 1 aliphatic carbocycles. The minimum Gasteiger partial charge on any atom is -0.324 e. The van der Waals surface area contributed by atoms with Gasteiger partial charge in [0.1, 0.15) is 0 Å². The number of carbonyl (C=O) groups excluding carboxylic acids is 1. The number of hydrogen-bond acceptors (Lipinski definition) is 2. The molecule has 2 nitrogen and oxygen atoms in total. The van der Waals surface area contributed by atoms with Gasteiger partial charge in [0, 0.05) is 0 Å². The topological polar surface area (TPSA) is 43.1 Å². The zero-order chi connectivity index (χ0) is 10.2. The van der Waals surface area contributed by atoms with Gasteiger partial charge >= 0.3 is 0 Å². The summed E-state index contributed by atoms with van der Waals surface area (Å²) in [5.74, 6) is 0.182. The van der Waals surface area contributed by atoms with Crippen LogP contribution in [0.5, 0.6) is 0 Å². The second-order valence-corrected chi connectivity index (χ2v) is 4.08. The van der Waals surface area contributed by atoms with E-state index in [2.05, 4.69) is 24.3 Å². The number of ketones is 1. The van der Waals surface area contributed by atoms with Gasteiger partial charge in [-0.3, -0.25) is 4.79 Å². The molecule has 0 heterocycles. The lowest BCUT2D eigenvalue weighted by Crippen LogP contribution is -2.27. The van der Waals surface area contributed by atoms with Crippen molar-refractivity contribution in [2.24, 2.45) is 5.73 Å². The smallest absolute Gasteiger partial charge is 0.156 e. The van der Waals surface area contributed by atoms with Crippen LogP contribution in [0.3, 0.4) is 0 Å². The fourth-order valence-electron chi connectivity index (χ4n) is 1.92. The molecule has 1 aromatic carbocycles. The summed E-state index contributed by atoms with van der Waals surface area (Å²) in [4.78, 5) is 11.7. The maximum Gasteiger partial charge on any atom is 0.156 e. The van der Waals surface area contributed by atoms with Gasteiger partial charge in [0.15, 0.2) is 5.78 Å². The van der Waals surface area contributed by atoms with Crippen molar-refractivity contribution < 1.29 is 4.79 Å². The van der Waals surface area contributed by atoms with Crippen LogP contribution in [0.1, 0.15) is 24.0 Å². The van der Waals surface area contributed by atoms with E-state index in [1.165, 1.54) is 5.56 Å². The molecule has 0 saturated heterocycles. The van der Waals surface area contributed by atoms with Crippen LogP contribution in [0, 0.1) is 6.92 Å². The van der Waals surface area contributed by atoms with E-state index in [1.54, 1.807) is 0 Å². The lowest BCUT2D eigenvalue weighted by molar-refractivity contribution is -0.120. The summed E-state index contributed by atoms with van der Waals surface area (Å²) in [5, 5.41) is 0. The van der Waals surface area contributed by atoms with E-state index in [4.69, 9.17) is 5.73 Å². The highest BCUT2D eigenvalue weighted by molar-refractivity contribution is 5.94. The number of Topliss-reactive ketones (excluding diaryl/α,β-unsaturated/α-hetero) is 1. The second-order valence-electron chi connectivity index (χ2n) is 4.08. The number of aryl methyl sites for hydroxylation is 1. The average Bonchev–Trinajstić information content (AvgIpc) is 2.99. The summed E-state index contributed by atoms with van der Waals surface area (Å²) in [7, 11) is 0. The fourth-order valence-corrected chi connectivity index (χ4v) is 1.92. The Kier molecular flexibility index (Phi) is 2.16. The standard InChI is InChI=1S/C12H15NO/c1-9-2-4-10(5-3-9)12(6-7-12)11(14)8-13/h2-5H,6-8,13H2,1H3. The summed E-state index contributed by atoms with van der Waals surface area (Å²) in [6, 6.07) is 8.21.